The third kappa shape index (κ3) is 2.78. The van der Waals surface area contributed by atoms with Crippen LogP contribution >= 0.6 is 11.8 Å². The quantitative estimate of drug-likeness (QED) is 0.912. The van der Waals surface area contributed by atoms with Crippen LogP contribution in [0.15, 0.2) is 18.2 Å². The van der Waals surface area contributed by atoms with Crippen LogP contribution in [0.4, 0.5) is 0 Å². The molecule has 114 valence electrons. The van der Waals surface area contributed by atoms with Gasteiger partial charge in [0, 0.05) is 5.75 Å². The van der Waals surface area contributed by atoms with Gasteiger partial charge >= 0.3 is 5.97 Å². The summed E-state index contributed by atoms with van der Waals surface area (Å²) >= 11 is 1.44. The summed E-state index contributed by atoms with van der Waals surface area (Å²) in [5, 5.41) is 9.06. The van der Waals surface area contributed by atoms with Crippen molar-refractivity contribution in [1.82, 2.24) is 4.90 Å². The lowest BCUT2D eigenvalue weighted by molar-refractivity contribution is -0.141. The van der Waals surface area contributed by atoms with Crippen LogP contribution in [0.1, 0.15) is 17.3 Å². The molecule has 1 saturated heterocycles. The first-order valence-electron chi connectivity index (χ1n) is 6.39. The number of carbonyl (C=O) groups is 2. The molecule has 0 aliphatic carbocycles. The monoisotopic (exact) mass is 311 g/mol. The Morgan fingerprint density at radius 1 is 1.33 bits per heavy atom. The van der Waals surface area contributed by atoms with Gasteiger partial charge in [-0.05, 0) is 19.1 Å². The molecule has 2 rings (SSSR count). The van der Waals surface area contributed by atoms with E-state index in [1.807, 2.05) is 6.92 Å². The summed E-state index contributed by atoms with van der Waals surface area (Å²) in [6.45, 7) is 1.82. The van der Waals surface area contributed by atoms with Crippen LogP contribution in [0, 0.1) is 0 Å². The number of amides is 1. The molecule has 2 unspecified atom stereocenters. The van der Waals surface area contributed by atoms with Gasteiger partial charge in [-0.3, -0.25) is 4.79 Å². The molecule has 0 saturated carbocycles. The minimum absolute atomic E-state index is 0.200. The van der Waals surface area contributed by atoms with Gasteiger partial charge < -0.3 is 19.5 Å². The van der Waals surface area contributed by atoms with Gasteiger partial charge in [-0.2, -0.15) is 0 Å². The van der Waals surface area contributed by atoms with Gasteiger partial charge in [0.2, 0.25) is 0 Å². The fraction of sp³-hybridized carbons (Fsp3) is 0.429. The summed E-state index contributed by atoms with van der Waals surface area (Å²) in [5.74, 6) is -0.222. The molecule has 1 N–H and O–H groups in total. The number of ether oxygens (including phenoxy) is 2. The van der Waals surface area contributed by atoms with Crippen molar-refractivity contribution in [2.24, 2.45) is 0 Å². The topological polar surface area (TPSA) is 76.1 Å². The number of thioether (sulfide) groups is 1. The normalized spacial score (nSPS) is 21.2. The molecule has 1 aliphatic rings. The number of carbonyl (C=O) groups excluding carboxylic acids is 1. The van der Waals surface area contributed by atoms with Crippen molar-refractivity contribution in [2.75, 3.05) is 20.0 Å². The Balaban J connectivity index is 2.42. The first-order chi connectivity index (χ1) is 10.0. The average Bonchev–Trinajstić information content (AvgIpc) is 2.87. The summed E-state index contributed by atoms with van der Waals surface area (Å²) in [6, 6.07) is 4.15. The van der Waals surface area contributed by atoms with Gasteiger partial charge in [0.05, 0.1) is 25.2 Å². The number of methoxy groups -OCH3 is 2. The standard InChI is InChI=1S/C14H17NO5S/c1-8-15(10(7-21-8)14(17)18)13(16)9-5-4-6-11(19-2)12(9)20-3/h4-6,8,10H,7H2,1-3H3,(H,17,18). The zero-order valence-electron chi connectivity index (χ0n) is 12.0. The van der Waals surface area contributed by atoms with E-state index in [0.717, 1.165) is 0 Å². The Morgan fingerprint density at radius 3 is 2.62 bits per heavy atom. The Morgan fingerprint density at radius 2 is 2.05 bits per heavy atom. The van der Waals surface area contributed by atoms with Crippen molar-refractivity contribution in [3.8, 4) is 11.5 Å². The highest BCUT2D eigenvalue weighted by atomic mass is 32.2. The molecule has 1 heterocycles. The fourth-order valence-corrected chi connectivity index (χ4v) is 3.50. The predicted octanol–water partition coefficient (Wildman–Crippen LogP) is 1.69. The molecule has 1 aromatic rings. The minimum Gasteiger partial charge on any atom is -0.493 e. The van der Waals surface area contributed by atoms with Crippen LogP contribution in [-0.2, 0) is 4.79 Å². The lowest BCUT2D eigenvalue weighted by Crippen LogP contribution is -2.44. The van der Waals surface area contributed by atoms with E-state index in [-0.39, 0.29) is 11.3 Å². The molecule has 1 amide bonds. The van der Waals surface area contributed by atoms with E-state index in [1.54, 1.807) is 18.2 Å². The van der Waals surface area contributed by atoms with E-state index in [9.17, 15) is 14.7 Å². The maximum Gasteiger partial charge on any atom is 0.327 e. The number of nitrogens with zero attached hydrogens (tertiary/aromatic N) is 1. The molecule has 0 spiro atoms. The largest absolute Gasteiger partial charge is 0.493 e. The van der Waals surface area contributed by atoms with Crippen LogP contribution in [0.25, 0.3) is 0 Å². The van der Waals surface area contributed by atoms with Gasteiger partial charge in [0.15, 0.2) is 11.5 Å². The number of aliphatic carboxylic acids is 1. The van der Waals surface area contributed by atoms with Crippen LogP contribution in [-0.4, -0.2) is 53.3 Å². The lowest BCUT2D eigenvalue weighted by Gasteiger charge is -2.26. The Bertz CT molecular complexity index is 562. The van der Waals surface area contributed by atoms with E-state index >= 15 is 0 Å². The smallest absolute Gasteiger partial charge is 0.327 e. The zero-order valence-corrected chi connectivity index (χ0v) is 12.8. The van der Waals surface area contributed by atoms with E-state index < -0.39 is 12.0 Å². The first-order valence-corrected chi connectivity index (χ1v) is 7.44. The summed E-state index contributed by atoms with van der Waals surface area (Å²) in [6.07, 6.45) is 0. The number of hydrogen-bond donors (Lipinski definition) is 1. The van der Waals surface area contributed by atoms with Crippen molar-refractivity contribution in [2.45, 2.75) is 18.3 Å². The Labute approximate surface area is 127 Å². The summed E-state index contributed by atoms with van der Waals surface area (Å²) in [5.41, 5.74) is 0.303. The molecule has 0 aromatic heterocycles. The van der Waals surface area contributed by atoms with E-state index in [4.69, 9.17) is 9.47 Å². The summed E-state index contributed by atoms with van der Waals surface area (Å²) in [4.78, 5) is 25.4. The van der Waals surface area contributed by atoms with Crippen LogP contribution in [0.2, 0.25) is 0 Å². The van der Waals surface area contributed by atoms with E-state index in [0.29, 0.717) is 22.8 Å². The third-order valence-corrected chi connectivity index (χ3v) is 4.59. The second kappa shape index (κ2) is 6.26. The minimum atomic E-state index is -0.998. The van der Waals surface area contributed by atoms with Crippen molar-refractivity contribution in [1.29, 1.82) is 0 Å². The van der Waals surface area contributed by atoms with E-state index in [2.05, 4.69) is 0 Å². The maximum absolute atomic E-state index is 12.7. The molecular weight excluding hydrogens is 294 g/mol. The second-order valence-electron chi connectivity index (χ2n) is 4.54. The van der Waals surface area contributed by atoms with Crippen LogP contribution in [0.3, 0.4) is 0 Å². The maximum atomic E-state index is 12.7. The average molecular weight is 311 g/mol. The van der Waals surface area contributed by atoms with E-state index in [1.165, 1.54) is 30.9 Å². The van der Waals surface area contributed by atoms with Gasteiger partial charge in [-0.1, -0.05) is 6.07 Å². The molecule has 1 aromatic carbocycles. The highest BCUT2D eigenvalue weighted by molar-refractivity contribution is 8.00. The zero-order chi connectivity index (χ0) is 15.6. The Kier molecular flexibility index (Phi) is 4.62. The van der Waals surface area contributed by atoms with Crippen molar-refractivity contribution in [3.63, 3.8) is 0 Å². The van der Waals surface area contributed by atoms with Gasteiger partial charge in [0.25, 0.3) is 5.91 Å². The molecule has 1 aliphatic heterocycles. The first kappa shape index (κ1) is 15.5. The van der Waals surface area contributed by atoms with Crippen LogP contribution in [0.5, 0.6) is 11.5 Å². The predicted molar refractivity (Wildman–Crippen MR) is 79.1 cm³/mol. The molecular formula is C14H17NO5S. The van der Waals surface area contributed by atoms with Gasteiger partial charge in [-0.15, -0.1) is 11.8 Å². The second-order valence-corrected chi connectivity index (χ2v) is 5.89. The number of carboxylic acids is 1. The van der Waals surface area contributed by atoms with Gasteiger partial charge in [0.1, 0.15) is 6.04 Å². The van der Waals surface area contributed by atoms with Crippen LogP contribution < -0.4 is 9.47 Å². The number of hydrogen-bond acceptors (Lipinski definition) is 5. The number of benzene rings is 1. The molecule has 2 atom stereocenters. The number of para-hydroxylation sites is 1. The summed E-state index contributed by atoms with van der Waals surface area (Å²) < 4.78 is 10.4. The molecule has 21 heavy (non-hydrogen) atoms. The van der Waals surface area contributed by atoms with Gasteiger partial charge in [-0.25, -0.2) is 4.79 Å². The highest BCUT2D eigenvalue weighted by Gasteiger charge is 2.40. The molecule has 0 radical (unpaired) electrons. The number of carboxylic acid groups (broad SMARTS) is 1. The highest BCUT2D eigenvalue weighted by Crippen LogP contribution is 2.35. The third-order valence-electron chi connectivity index (χ3n) is 3.38. The fourth-order valence-electron chi connectivity index (χ4n) is 2.34. The summed E-state index contributed by atoms with van der Waals surface area (Å²) in [7, 11) is 2.94. The Hall–Kier alpha value is -1.89. The number of rotatable bonds is 4. The van der Waals surface area contributed by atoms with Crippen molar-refractivity contribution >= 4 is 23.6 Å². The van der Waals surface area contributed by atoms with Crippen molar-refractivity contribution in [3.05, 3.63) is 23.8 Å². The lowest BCUT2D eigenvalue weighted by atomic mass is 10.1. The van der Waals surface area contributed by atoms with Crippen molar-refractivity contribution < 1.29 is 24.2 Å². The molecule has 7 heteroatoms. The molecule has 1 fully saturated rings. The molecule has 0 bridgehead atoms. The molecule has 6 nitrogen and oxygen atoms in total. The SMILES string of the molecule is COc1cccc(C(=O)N2C(C)SCC2C(=O)O)c1OC.